The Morgan fingerprint density at radius 1 is 0.270 bits per heavy atom. The van der Waals surface area contributed by atoms with Crippen LogP contribution in [0.5, 0.6) is 0 Å². The van der Waals surface area contributed by atoms with Crippen LogP contribution in [0, 0.1) is 0 Å². The third kappa shape index (κ3) is 39.0. The summed E-state index contributed by atoms with van der Waals surface area (Å²) in [5.74, 6) is 0. The number of ether oxygens (including phenoxy) is 3. The SMILES string of the molecule is CCCCCCCCCCCCP(CCCCCCCCCCCC)(CCCCCCCCCCCC)(CCOCCCC)OP(=O)(OCCOCCCC)OCCOCCCC. The maximum atomic E-state index is 15.4. The van der Waals surface area contributed by atoms with Crippen LogP contribution in [-0.2, 0) is 32.1 Å². The standard InChI is InChI=1S/C54H114O7P2/c1-7-13-19-22-25-28-31-34-37-40-51-63(54-50-58-45-18-12-6,52-41-38-35-32-29-26-23-20-14-8-2,53-42-39-36-33-30-27-24-21-15-9-3)61-62(55,59-48-46-56-43-16-10-4)60-49-47-57-44-17-11-5/h7-54H2,1-6H3. The van der Waals surface area contributed by atoms with Gasteiger partial charge in [-0.15, -0.1) is 0 Å². The maximum absolute atomic E-state index is 15.4. The molecule has 0 amide bonds. The van der Waals surface area contributed by atoms with Crippen molar-refractivity contribution in [2.45, 2.75) is 273 Å². The van der Waals surface area contributed by atoms with Gasteiger partial charge in [-0.3, -0.25) is 0 Å². The Bertz CT molecular complexity index is 871. The first-order chi connectivity index (χ1) is 30.9. The molecule has 0 aliphatic rings. The van der Waals surface area contributed by atoms with Gasteiger partial charge in [-0.2, -0.15) is 0 Å². The first kappa shape index (κ1) is 63.4. The third-order valence-corrected chi connectivity index (χ3v) is 22.5. The molecular formula is C54H114O7P2. The number of hydrogen-bond acceptors (Lipinski definition) is 7. The summed E-state index contributed by atoms with van der Waals surface area (Å²) in [5.41, 5.74) is 0. The van der Waals surface area contributed by atoms with Gasteiger partial charge < -0.3 is 0 Å². The molecule has 63 heavy (non-hydrogen) atoms. The molecule has 0 aromatic carbocycles. The molecule has 0 saturated heterocycles. The summed E-state index contributed by atoms with van der Waals surface area (Å²) in [6, 6.07) is 0. The summed E-state index contributed by atoms with van der Waals surface area (Å²) >= 11 is 0. The normalized spacial score (nSPS) is 13.0. The Morgan fingerprint density at radius 3 is 0.810 bits per heavy atom. The summed E-state index contributed by atoms with van der Waals surface area (Å²) in [6.07, 6.45) is 49.1. The Morgan fingerprint density at radius 2 is 0.524 bits per heavy atom. The molecule has 0 aromatic rings. The molecule has 9 heteroatoms. The monoisotopic (exact) mass is 937 g/mol. The first-order valence-electron chi connectivity index (χ1n) is 28.2. The van der Waals surface area contributed by atoms with Gasteiger partial charge in [0.25, 0.3) is 0 Å². The second kappa shape index (κ2) is 47.5. The molecule has 0 N–H and O–H groups in total. The fourth-order valence-corrected chi connectivity index (χ4v) is 18.6. The van der Waals surface area contributed by atoms with Crippen LogP contribution < -0.4 is 0 Å². The first-order valence-corrected chi connectivity index (χ1v) is 32.6. The molecule has 0 spiro atoms. The molecule has 0 aliphatic carbocycles. The van der Waals surface area contributed by atoms with E-state index in [1.165, 1.54) is 173 Å². The van der Waals surface area contributed by atoms with Crippen LogP contribution in [0.25, 0.3) is 0 Å². The van der Waals surface area contributed by atoms with Crippen LogP contribution >= 0.6 is 14.7 Å². The summed E-state index contributed by atoms with van der Waals surface area (Å²) in [6.45, 7) is 14.2. The number of phosphoric acid groups is 1. The summed E-state index contributed by atoms with van der Waals surface area (Å²) < 4.78 is 54.1. The molecule has 0 aromatic heterocycles. The predicted molar refractivity (Wildman–Crippen MR) is 280 cm³/mol. The van der Waals surface area contributed by atoms with Gasteiger partial charge in [-0.1, -0.05) is 0 Å². The zero-order chi connectivity index (χ0) is 46.1. The number of rotatable bonds is 55. The number of phosphoric ester groups is 1. The molecule has 0 fully saturated rings. The van der Waals surface area contributed by atoms with Crippen molar-refractivity contribution in [1.29, 1.82) is 0 Å². The van der Waals surface area contributed by atoms with E-state index in [1.807, 2.05) is 0 Å². The molecular weight excluding hydrogens is 823 g/mol. The van der Waals surface area contributed by atoms with Gasteiger partial charge in [0.2, 0.25) is 0 Å². The van der Waals surface area contributed by atoms with E-state index >= 15 is 4.57 Å². The van der Waals surface area contributed by atoms with Gasteiger partial charge in [0.15, 0.2) is 0 Å². The van der Waals surface area contributed by atoms with E-state index in [9.17, 15) is 0 Å². The van der Waals surface area contributed by atoms with Crippen molar-refractivity contribution in [1.82, 2.24) is 0 Å². The van der Waals surface area contributed by atoms with Crippen molar-refractivity contribution in [2.75, 3.05) is 77.5 Å². The summed E-state index contributed by atoms with van der Waals surface area (Å²) in [5, 5.41) is 0. The van der Waals surface area contributed by atoms with Crippen LogP contribution in [0.4, 0.5) is 0 Å². The predicted octanol–water partition coefficient (Wildman–Crippen LogP) is 18.8. The van der Waals surface area contributed by atoms with Crippen LogP contribution in [0.3, 0.4) is 0 Å². The molecule has 0 aliphatic heterocycles. The molecule has 0 radical (unpaired) electrons. The van der Waals surface area contributed by atoms with Crippen molar-refractivity contribution < 1.29 is 32.1 Å². The molecule has 0 unspecified atom stereocenters. The summed E-state index contributed by atoms with van der Waals surface area (Å²) in [4.78, 5) is 0. The van der Waals surface area contributed by atoms with E-state index in [0.717, 1.165) is 89.0 Å². The van der Waals surface area contributed by atoms with Crippen molar-refractivity contribution >= 4 is 14.7 Å². The van der Waals surface area contributed by atoms with Crippen molar-refractivity contribution in [3.8, 4) is 0 Å². The van der Waals surface area contributed by atoms with E-state index in [4.69, 9.17) is 27.6 Å². The third-order valence-electron chi connectivity index (χ3n) is 13.2. The zero-order valence-electron chi connectivity index (χ0n) is 43.7. The molecule has 0 rings (SSSR count). The Labute approximate surface area is 395 Å². The number of unbranched alkanes of at least 4 members (excludes halogenated alkanes) is 30. The number of hydrogen-bond donors (Lipinski definition) is 0. The van der Waals surface area contributed by atoms with Gasteiger partial charge in [0, 0.05) is 0 Å². The Hall–Kier alpha value is 0.420. The molecule has 382 valence electrons. The fraction of sp³-hybridized carbons (Fsp3) is 1.00. The second-order valence-corrected chi connectivity index (χ2v) is 27.0. The van der Waals surface area contributed by atoms with Gasteiger partial charge in [0.05, 0.1) is 0 Å². The van der Waals surface area contributed by atoms with Gasteiger partial charge in [-0.05, 0) is 0 Å². The van der Waals surface area contributed by atoms with Crippen LogP contribution in [0.1, 0.15) is 273 Å². The zero-order valence-corrected chi connectivity index (χ0v) is 45.5. The minimum absolute atomic E-state index is 0.200. The molecule has 0 heterocycles. The van der Waals surface area contributed by atoms with Gasteiger partial charge in [0.1, 0.15) is 0 Å². The topological polar surface area (TPSA) is 72.5 Å². The van der Waals surface area contributed by atoms with Crippen molar-refractivity contribution in [2.24, 2.45) is 0 Å². The van der Waals surface area contributed by atoms with Gasteiger partial charge in [-0.25, -0.2) is 0 Å². The van der Waals surface area contributed by atoms with E-state index in [0.29, 0.717) is 33.0 Å². The fourth-order valence-electron chi connectivity index (χ4n) is 8.96. The molecule has 0 bridgehead atoms. The molecule has 0 atom stereocenters. The van der Waals surface area contributed by atoms with E-state index in [2.05, 4.69) is 41.5 Å². The van der Waals surface area contributed by atoms with Crippen molar-refractivity contribution in [3.05, 3.63) is 0 Å². The van der Waals surface area contributed by atoms with Crippen LogP contribution in [0.2, 0.25) is 0 Å². The van der Waals surface area contributed by atoms with E-state index in [1.54, 1.807) is 0 Å². The quantitative estimate of drug-likeness (QED) is 0.0444. The van der Waals surface area contributed by atoms with E-state index in [-0.39, 0.29) is 13.2 Å². The second-order valence-electron chi connectivity index (χ2n) is 19.4. The minimum atomic E-state index is -3.98. The Kier molecular flexibility index (Phi) is 47.8. The average Bonchev–Trinajstić information content (AvgIpc) is 3.28. The van der Waals surface area contributed by atoms with Gasteiger partial charge >= 0.3 is 397 Å². The average molecular weight is 937 g/mol. The van der Waals surface area contributed by atoms with Crippen molar-refractivity contribution in [3.63, 3.8) is 0 Å². The summed E-state index contributed by atoms with van der Waals surface area (Å²) in [7, 11) is -3.98. The van der Waals surface area contributed by atoms with E-state index < -0.39 is 14.7 Å². The Balaban J connectivity index is 6.63. The molecule has 0 saturated carbocycles. The van der Waals surface area contributed by atoms with Crippen LogP contribution in [0.15, 0.2) is 0 Å². The molecule has 7 nitrogen and oxygen atoms in total. The van der Waals surface area contributed by atoms with Crippen LogP contribution in [-0.4, -0.2) is 77.5 Å².